The van der Waals surface area contributed by atoms with Crippen LogP contribution in [0.5, 0.6) is 0 Å². The first-order valence-electron chi connectivity index (χ1n) is 22.7. The predicted octanol–water partition coefficient (Wildman–Crippen LogP) is 16.0. The third-order valence-electron chi connectivity index (χ3n) is 16.4. The molecule has 9 aromatic carbocycles. The molecule has 1 heterocycles. The van der Waals surface area contributed by atoms with Gasteiger partial charge in [0, 0.05) is 33.5 Å². The Morgan fingerprint density at radius 1 is 0.435 bits per heavy atom. The summed E-state index contributed by atoms with van der Waals surface area (Å²) in [5.74, 6) is 2.84. The summed E-state index contributed by atoms with van der Waals surface area (Å²) in [6, 6.07) is 74.9. The first-order valence-corrected chi connectivity index (χ1v) is 22.7. The zero-order valence-electron chi connectivity index (χ0n) is 34.7. The molecule has 296 valence electrons. The number of hydrogen-bond acceptors (Lipinski definition) is 1. The summed E-state index contributed by atoms with van der Waals surface area (Å²) >= 11 is 0. The van der Waals surface area contributed by atoms with Gasteiger partial charge in [0.15, 0.2) is 0 Å². The fourth-order valence-electron chi connectivity index (χ4n) is 13.8. The smallest absolute Gasteiger partial charge is 0.0541 e. The zero-order chi connectivity index (χ0) is 40.6. The van der Waals surface area contributed by atoms with E-state index in [9.17, 15) is 0 Å². The second-order valence-electron chi connectivity index (χ2n) is 19.1. The number of hydrogen-bond donors (Lipinski definition) is 0. The van der Waals surface area contributed by atoms with Crippen LogP contribution in [0.25, 0.3) is 71.3 Å². The largest absolute Gasteiger partial charge is 0.310 e. The second-order valence-corrected chi connectivity index (χ2v) is 19.1. The van der Waals surface area contributed by atoms with Crippen LogP contribution in [0.3, 0.4) is 0 Å². The van der Waals surface area contributed by atoms with Gasteiger partial charge in [0.25, 0.3) is 0 Å². The third-order valence-corrected chi connectivity index (χ3v) is 16.4. The van der Waals surface area contributed by atoms with Crippen molar-refractivity contribution in [2.45, 2.75) is 37.5 Å². The van der Waals surface area contributed by atoms with Gasteiger partial charge in [-0.15, -0.1) is 0 Å². The zero-order valence-corrected chi connectivity index (χ0v) is 34.7. The Kier molecular flexibility index (Phi) is 7.19. The van der Waals surface area contributed by atoms with Crippen molar-refractivity contribution in [3.05, 3.63) is 206 Å². The average Bonchev–Trinajstić information content (AvgIpc) is 3.95. The van der Waals surface area contributed by atoms with E-state index in [0.29, 0.717) is 5.41 Å². The van der Waals surface area contributed by atoms with Gasteiger partial charge in [-0.2, -0.15) is 0 Å². The lowest BCUT2D eigenvalue weighted by atomic mass is 9.38. The van der Waals surface area contributed by atoms with E-state index in [1.54, 1.807) is 5.56 Å². The summed E-state index contributed by atoms with van der Waals surface area (Å²) in [6.07, 6.45) is 7.04. The molecule has 4 saturated carbocycles. The first-order chi connectivity index (χ1) is 30.6. The number of nitrogens with zero attached hydrogens (tertiary/aromatic N) is 2. The van der Waals surface area contributed by atoms with Crippen molar-refractivity contribution in [3.63, 3.8) is 0 Å². The molecule has 4 aliphatic rings. The fraction of sp³-hybridized carbons (Fsp3) is 0.167. The third kappa shape index (κ3) is 4.76. The molecule has 4 aliphatic carbocycles. The summed E-state index contributed by atoms with van der Waals surface area (Å²) in [6.45, 7) is 0. The molecule has 62 heavy (non-hydrogen) atoms. The lowest BCUT2D eigenvalue weighted by molar-refractivity contribution is -0.175. The molecule has 10 aromatic rings. The Morgan fingerprint density at radius 2 is 1.02 bits per heavy atom. The molecule has 2 nitrogen and oxygen atoms in total. The Bertz CT molecular complexity index is 3360. The lowest BCUT2D eigenvalue weighted by Crippen LogP contribution is -2.59. The molecule has 0 radical (unpaired) electrons. The molecule has 0 N–H and O–H groups in total. The SMILES string of the molecule is c1cc(-c2ccc(N(c3ccc(-c4cc5ccccc5c5ccccc45)cc3)c3ccccc3C34C[C@@H]5CC6C[C@@H](C3)C65C4)cc2)cc(-n2c3ccccc3c3ccccc32)c1. The van der Waals surface area contributed by atoms with E-state index in [4.69, 9.17) is 0 Å². The van der Waals surface area contributed by atoms with E-state index in [2.05, 4.69) is 210 Å². The van der Waals surface area contributed by atoms with Crippen LogP contribution in [0.1, 0.15) is 37.7 Å². The minimum atomic E-state index is 0.270. The summed E-state index contributed by atoms with van der Waals surface area (Å²) in [5, 5.41) is 7.75. The van der Waals surface area contributed by atoms with Crippen LogP contribution < -0.4 is 4.90 Å². The predicted molar refractivity (Wildman–Crippen MR) is 259 cm³/mol. The monoisotopic (exact) mass is 794 g/mol. The number of benzene rings is 9. The Hall–Kier alpha value is -6.90. The molecule has 0 saturated heterocycles. The Labute approximate surface area is 362 Å². The molecule has 2 heteroatoms. The maximum Gasteiger partial charge on any atom is 0.0541 e. The molecule has 2 bridgehead atoms. The standard InChI is InChI=1S/C60H46N2/c1-2-15-49-42(12-1)33-54(51-17-4-3-16-50(49)51)40-26-30-47(31-27-40)61(58-23-10-7-20-55(58)59-36-44-34-43-35-45(37-59)60(43,44)38-59)46-28-24-39(25-29-46)41-13-11-14-48(32-41)62-56-21-8-5-18-52(56)53-19-6-9-22-57(53)62/h1-33,43-45H,34-38H2/t43?,44-,45-,59?,60?/m0/s1. The molecule has 14 rings (SSSR count). The summed E-state index contributed by atoms with van der Waals surface area (Å²) in [7, 11) is 0. The van der Waals surface area contributed by atoms with Crippen molar-refractivity contribution < 1.29 is 0 Å². The van der Waals surface area contributed by atoms with E-state index in [1.807, 2.05) is 0 Å². The Balaban J connectivity index is 0.885. The normalized spacial score (nSPS) is 23.1. The quantitative estimate of drug-likeness (QED) is 0.146. The topological polar surface area (TPSA) is 8.17 Å². The number of para-hydroxylation sites is 3. The minimum absolute atomic E-state index is 0.270. The molecule has 0 unspecified atom stereocenters. The van der Waals surface area contributed by atoms with Gasteiger partial charge in [-0.25, -0.2) is 0 Å². The van der Waals surface area contributed by atoms with Gasteiger partial charge in [-0.05, 0) is 171 Å². The van der Waals surface area contributed by atoms with Crippen molar-refractivity contribution >= 4 is 60.4 Å². The van der Waals surface area contributed by atoms with Gasteiger partial charge in [0.2, 0.25) is 0 Å². The number of anilines is 3. The number of aromatic nitrogens is 1. The molecule has 1 aromatic heterocycles. The highest BCUT2D eigenvalue weighted by atomic mass is 15.1. The van der Waals surface area contributed by atoms with Crippen LogP contribution in [-0.2, 0) is 5.41 Å². The molecule has 2 atom stereocenters. The van der Waals surface area contributed by atoms with Gasteiger partial charge in [-0.1, -0.05) is 140 Å². The lowest BCUT2D eigenvalue weighted by Gasteiger charge is -2.66. The van der Waals surface area contributed by atoms with Gasteiger partial charge in [0.1, 0.15) is 0 Å². The van der Waals surface area contributed by atoms with E-state index in [0.717, 1.165) is 17.8 Å². The van der Waals surface area contributed by atoms with Crippen LogP contribution in [0.4, 0.5) is 17.1 Å². The summed E-state index contributed by atoms with van der Waals surface area (Å²) in [5.41, 5.74) is 14.8. The number of fused-ring (bicyclic) bond motifs is 7. The van der Waals surface area contributed by atoms with Crippen LogP contribution in [-0.4, -0.2) is 4.57 Å². The molecule has 0 amide bonds. The van der Waals surface area contributed by atoms with Crippen molar-refractivity contribution in [1.29, 1.82) is 0 Å². The van der Waals surface area contributed by atoms with Crippen molar-refractivity contribution in [1.82, 2.24) is 4.57 Å². The van der Waals surface area contributed by atoms with E-state index < -0.39 is 0 Å². The van der Waals surface area contributed by atoms with Crippen LogP contribution in [0.2, 0.25) is 0 Å². The van der Waals surface area contributed by atoms with Crippen LogP contribution in [0.15, 0.2) is 200 Å². The minimum Gasteiger partial charge on any atom is -0.310 e. The molecule has 0 aliphatic heterocycles. The molecule has 4 fully saturated rings. The van der Waals surface area contributed by atoms with Gasteiger partial charge >= 0.3 is 0 Å². The van der Waals surface area contributed by atoms with Crippen molar-refractivity contribution in [3.8, 4) is 27.9 Å². The fourth-order valence-corrected chi connectivity index (χ4v) is 13.8. The van der Waals surface area contributed by atoms with Crippen LogP contribution in [0, 0.1) is 23.2 Å². The molecular formula is C60H46N2. The average molecular weight is 795 g/mol. The van der Waals surface area contributed by atoms with Crippen molar-refractivity contribution in [2.24, 2.45) is 23.2 Å². The first kappa shape index (κ1) is 34.8. The van der Waals surface area contributed by atoms with Crippen LogP contribution >= 0.6 is 0 Å². The van der Waals surface area contributed by atoms with Gasteiger partial charge < -0.3 is 9.47 Å². The van der Waals surface area contributed by atoms with E-state index >= 15 is 0 Å². The summed E-state index contributed by atoms with van der Waals surface area (Å²) < 4.78 is 2.41. The van der Waals surface area contributed by atoms with E-state index in [1.165, 1.54) is 120 Å². The molecular weight excluding hydrogens is 749 g/mol. The Morgan fingerprint density at radius 3 is 1.69 bits per heavy atom. The highest BCUT2D eigenvalue weighted by Crippen LogP contribution is 2.84. The molecule has 1 spiro atoms. The van der Waals surface area contributed by atoms with Gasteiger partial charge in [-0.3, -0.25) is 0 Å². The number of rotatable bonds is 7. The maximum atomic E-state index is 2.57. The summed E-state index contributed by atoms with van der Waals surface area (Å²) in [4.78, 5) is 2.57. The van der Waals surface area contributed by atoms with E-state index in [-0.39, 0.29) is 5.41 Å². The maximum absolute atomic E-state index is 2.57. The van der Waals surface area contributed by atoms with Crippen molar-refractivity contribution in [2.75, 3.05) is 4.90 Å². The highest BCUT2D eigenvalue weighted by Gasteiger charge is 2.77. The second kappa shape index (κ2) is 12.8. The van der Waals surface area contributed by atoms with Gasteiger partial charge in [0.05, 0.1) is 11.0 Å². The highest BCUT2D eigenvalue weighted by molar-refractivity contribution is 6.14.